The van der Waals surface area contributed by atoms with Crippen LogP contribution in [0.1, 0.15) is 39.5 Å². The normalized spacial score (nSPS) is 24.4. The van der Waals surface area contributed by atoms with Crippen molar-refractivity contribution in [3.63, 3.8) is 0 Å². The van der Waals surface area contributed by atoms with E-state index in [2.05, 4.69) is 30.7 Å². The maximum Gasteiger partial charge on any atom is -0.00162 e. The van der Waals surface area contributed by atoms with E-state index < -0.39 is 0 Å². The first-order chi connectivity index (χ1) is 7.26. The van der Waals surface area contributed by atoms with Crippen LogP contribution < -0.4 is 0 Å². The lowest BCUT2D eigenvalue weighted by molar-refractivity contribution is 0.280. The number of nitrogens with zero attached hydrogens (tertiary/aromatic N) is 2. The monoisotopic (exact) mass is 212 g/mol. The molecule has 1 aliphatic heterocycles. The summed E-state index contributed by atoms with van der Waals surface area (Å²) in [4.78, 5) is 5.03. The molecule has 1 saturated heterocycles. The van der Waals surface area contributed by atoms with E-state index in [1.807, 2.05) is 0 Å². The predicted octanol–water partition coefficient (Wildman–Crippen LogP) is 2.45. The lowest BCUT2D eigenvalue weighted by Gasteiger charge is -2.20. The summed E-state index contributed by atoms with van der Waals surface area (Å²) in [7, 11) is 2.23. The molecular formula is C13H28N2. The molecule has 1 heterocycles. The topological polar surface area (TPSA) is 6.48 Å². The zero-order chi connectivity index (χ0) is 11.1. The van der Waals surface area contributed by atoms with E-state index in [1.165, 1.54) is 58.4 Å². The number of rotatable bonds is 5. The van der Waals surface area contributed by atoms with Crippen LogP contribution in [0, 0.1) is 5.92 Å². The van der Waals surface area contributed by atoms with Crippen molar-refractivity contribution in [1.82, 2.24) is 9.80 Å². The highest BCUT2D eigenvalue weighted by molar-refractivity contribution is 4.70. The molecular weight excluding hydrogens is 184 g/mol. The van der Waals surface area contributed by atoms with E-state index in [4.69, 9.17) is 0 Å². The van der Waals surface area contributed by atoms with Crippen LogP contribution in [0.4, 0.5) is 0 Å². The van der Waals surface area contributed by atoms with E-state index in [0.717, 1.165) is 5.92 Å². The van der Waals surface area contributed by atoms with Gasteiger partial charge in [0.15, 0.2) is 0 Å². The number of hydrogen-bond acceptors (Lipinski definition) is 2. The molecule has 1 fully saturated rings. The van der Waals surface area contributed by atoms with Gasteiger partial charge in [0.1, 0.15) is 0 Å². The van der Waals surface area contributed by atoms with E-state index >= 15 is 0 Å². The van der Waals surface area contributed by atoms with Gasteiger partial charge in [0, 0.05) is 0 Å². The van der Waals surface area contributed by atoms with Gasteiger partial charge < -0.3 is 9.80 Å². The molecule has 0 aromatic heterocycles. The third-order valence-corrected chi connectivity index (χ3v) is 3.85. The summed E-state index contributed by atoms with van der Waals surface area (Å²) in [5.74, 6) is 0.982. The van der Waals surface area contributed by atoms with Gasteiger partial charge in [0.2, 0.25) is 0 Å². The lowest BCUT2D eigenvalue weighted by atomic mass is 9.97. The molecule has 2 nitrogen and oxygen atoms in total. The second-order valence-corrected chi connectivity index (χ2v) is 4.92. The van der Waals surface area contributed by atoms with Crippen LogP contribution in [0.2, 0.25) is 0 Å². The van der Waals surface area contributed by atoms with Gasteiger partial charge in [-0.25, -0.2) is 0 Å². The molecule has 0 amide bonds. The first-order valence-corrected chi connectivity index (χ1v) is 6.67. The Morgan fingerprint density at radius 3 is 2.67 bits per heavy atom. The highest BCUT2D eigenvalue weighted by Gasteiger charge is 2.15. The molecule has 1 rings (SSSR count). The Labute approximate surface area is 95.6 Å². The molecule has 0 bridgehead atoms. The Morgan fingerprint density at radius 2 is 2.00 bits per heavy atom. The molecule has 1 atom stereocenters. The SMILES string of the molecule is CCN(C)CCC1CCCN(CC)CC1. The van der Waals surface area contributed by atoms with Crippen molar-refractivity contribution in [1.29, 1.82) is 0 Å². The van der Waals surface area contributed by atoms with Gasteiger partial charge in [-0.1, -0.05) is 13.8 Å². The summed E-state index contributed by atoms with van der Waals surface area (Å²) in [6, 6.07) is 0. The van der Waals surface area contributed by atoms with Crippen LogP contribution in [0.5, 0.6) is 0 Å². The molecule has 0 aromatic rings. The van der Waals surface area contributed by atoms with Gasteiger partial charge in [-0.2, -0.15) is 0 Å². The van der Waals surface area contributed by atoms with Crippen molar-refractivity contribution < 1.29 is 0 Å². The summed E-state index contributed by atoms with van der Waals surface area (Å²) >= 11 is 0. The predicted molar refractivity (Wildman–Crippen MR) is 67.2 cm³/mol. The van der Waals surface area contributed by atoms with Gasteiger partial charge in [0.25, 0.3) is 0 Å². The Morgan fingerprint density at radius 1 is 1.20 bits per heavy atom. The molecule has 1 unspecified atom stereocenters. The van der Waals surface area contributed by atoms with Gasteiger partial charge in [-0.3, -0.25) is 0 Å². The number of hydrogen-bond donors (Lipinski definition) is 0. The highest BCUT2D eigenvalue weighted by atomic mass is 15.1. The standard InChI is InChI=1S/C13H28N2/c1-4-14(3)11-8-13-7-6-10-15(5-2)12-9-13/h13H,4-12H2,1-3H3. The highest BCUT2D eigenvalue weighted by Crippen LogP contribution is 2.20. The van der Waals surface area contributed by atoms with Crippen LogP contribution in [-0.2, 0) is 0 Å². The van der Waals surface area contributed by atoms with E-state index in [0.29, 0.717) is 0 Å². The number of likely N-dealkylation sites (tertiary alicyclic amines) is 1. The van der Waals surface area contributed by atoms with E-state index in [9.17, 15) is 0 Å². The zero-order valence-electron chi connectivity index (χ0n) is 10.8. The molecule has 0 radical (unpaired) electrons. The summed E-state index contributed by atoms with van der Waals surface area (Å²) in [6.07, 6.45) is 5.69. The smallest absolute Gasteiger partial charge is 0.00162 e. The first kappa shape index (κ1) is 13.0. The minimum Gasteiger partial charge on any atom is -0.307 e. The summed E-state index contributed by atoms with van der Waals surface area (Å²) in [5, 5.41) is 0. The van der Waals surface area contributed by atoms with Crippen molar-refractivity contribution in [3.8, 4) is 0 Å². The summed E-state index contributed by atoms with van der Waals surface area (Å²) in [6.45, 7) is 10.9. The van der Waals surface area contributed by atoms with Crippen molar-refractivity contribution in [2.75, 3.05) is 39.8 Å². The molecule has 0 aliphatic carbocycles. The van der Waals surface area contributed by atoms with Crippen molar-refractivity contribution in [2.45, 2.75) is 39.5 Å². The van der Waals surface area contributed by atoms with Crippen molar-refractivity contribution in [2.24, 2.45) is 5.92 Å². The van der Waals surface area contributed by atoms with Gasteiger partial charge in [-0.15, -0.1) is 0 Å². The molecule has 15 heavy (non-hydrogen) atoms. The van der Waals surface area contributed by atoms with Crippen LogP contribution in [0.25, 0.3) is 0 Å². The third kappa shape index (κ3) is 4.98. The quantitative estimate of drug-likeness (QED) is 0.691. The van der Waals surface area contributed by atoms with Crippen LogP contribution >= 0.6 is 0 Å². The van der Waals surface area contributed by atoms with Gasteiger partial charge in [-0.05, 0) is 71.4 Å². The summed E-state index contributed by atoms with van der Waals surface area (Å²) < 4.78 is 0. The molecule has 90 valence electrons. The van der Waals surface area contributed by atoms with E-state index in [1.54, 1.807) is 0 Å². The van der Waals surface area contributed by atoms with Crippen LogP contribution in [0.3, 0.4) is 0 Å². The summed E-state index contributed by atoms with van der Waals surface area (Å²) in [5.41, 5.74) is 0. The maximum atomic E-state index is 2.60. The van der Waals surface area contributed by atoms with Crippen molar-refractivity contribution in [3.05, 3.63) is 0 Å². The van der Waals surface area contributed by atoms with Crippen LogP contribution in [-0.4, -0.2) is 49.6 Å². The van der Waals surface area contributed by atoms with Crippen LogP contribution in [0.15, 0.2) is 0 Å². The molecule has 0 spiro atoms. The second kappa shape index (κ2) is 7.24. The minimum atomic E-state index is 0.982. The average molecular weight is 212 g/mol. The molecule has 0 saturated carbocycles. The Hall–Kier alpha value is -0.0800. The fourth-order valence-corrected chi connectivity index (χ4v) is 2.39. The largest absolute Gasteiger partial charge is 0.307 e. The molecule has 1 aliphatic rings. The van der Waals surface area contributed by atoms with Gasteiger partial charge in [0.05, 0.1) is 0 Å². The molecule has 0 N–H and O–H groups in total. The average Bonchev–Trinajstić information content (AvgIpc) is 2.50. The lowest BCUT2D eigenvalue weighted by Crippen LogP contribution is -2.24. The molecule has 0 aromatic carbocycles. The third-order valence-electron chi connectivity index (χ3n) is 3.85. The fourth-order valence-electron chi connectivity index (χ4n) is 2.39. The Bertz CT molecular complexity index is 159. The zero-order valence-corrected chi connectivity index (χ0v) is 10.8. The van der Waals surface area contributed by atoms with Gasteiger partial charge >= 0.3 is 0 Å². The fraction of sp³-hybridized carbons (Fsp3) is 1.00. The Kier molecular flexibility index (Phi) is 6.26. The van der Waals surface area contributed by atoms with E-state index in [-0.39, 0.29) is 0 Å². The maximum absolute atomic E-state index is 2.60. The molecule has 2 heteroatoms. The minimum absolute atomic E-state index is 0.982. The van der Waals surface area contributed by atoms with Crippen molar-refractivity contribution >= 4 is 0 Å². The second-order valence-electron chi connectivity index (χ2n) is 4.92. The Balaban J connectivity index is 2.19. The first-order valence-electron chi connectivity index (χ1n) is 6.67.